The molecule has 1 heterocycles. The molecule has 0 saturated carbocycles. The second-order valence-electron chi connectivity index (χ2n) is 4.26. The van der Waals surface area contributed by atoms with Crippen LogP contribution in [0.5, 0.6) is 0 Å². The standard InChI is InChI=1S/C11H24N2O/c1-2-10-5-3-6-11(14-9-10)7-4-8-13-12/h10-11,13H,2-9,12H2,1H3/t10-,11?/m1/s1. The highest BCUT2D eigenvalue weighted by Gasteiger charge is 2.17. The molecule has 0 radical (unpaired) electrons. The van der Waals surface area contributed by atoms with Gasteiger partial charge in [0, 0.05) is 13.2 Å². The van der Waals surface area contributed by atoms with E-state index < -0.39 is 0 Å². The summed E-state index contributed by atoms with van der Waals surface area (Å²) >= 11 is 0. The van der Waals surface area contributed by atoms with Crippen molar-refractivity contribution in [3.05, 3.63) is 0 Å². The molecule has 0 aromatic heterocycles. The Balaban J connectivity index is 2.14. The van der Waals surface area contributed by atoms with Crippen LogP contribution in [-0.4, -0.2) is 19.3 Å². The van der Waals surface area contributed by atoms with Crippen LogP contribution in [0.15, 0.2) is 0 Å². The molecule has 1 unspecified atom stereocenters. The summed E-state index contributed by atoms with van der Waals surface area (Å²) < 4.78 is 5.88. The van der Waals surface area contributed by atoms with Crippen molar-refractivity contribution in [2.75, 3.05) is 13.2 Å². The zero-order valence-electron chi connectivity index (χ0n) is 9.30. The Labute approximate surface area is 87.4 Å². The van der Waals surface area contributed by atoms with Gasteiger partial charge in [-0.2, -0.15) is 0 Å². The zero-order valence-corrected chi connectivity index (χ0v) is 9.30. The van der Waals surface area contributed by atoms with Gasteiger partial charge in [0.25, 0.3) is 0 Å². The van der Waals surface area contributed by atoms with Crippen molar-refractivity contribution in [2.24, 2.45) is 11.8 Å². The van der Waals surface area contributed by atoms with Gasteiger partial charge in [0.1, 0.15) is 0 Å². The molecule has 0 amide bonds. The van der Waals surface area contributed by atoms with E-state index in [-0.39, 0.29) is 0 Å². The van der Waals surface area contributed by atoms with E-state index in [1.165, 1.54) is 25.7 Å². The maximum Gasteiger partial charge on any atom is 0.0575 e. The molecule has 1 saturated heterocycles. The molecule has 0 spiro atoms. The van der Waals surface area contributed by atoms with Crippen LogP contribution in [-0.2, 0) is 4.74 Å². The molecule has 0 aliphatic carbocycles. The maximum atomic E-state index is 5.88. The lowest BCUT2D eigenvalue weighted by molar-refractivity contribution is 0.0336. The fraction of sp³-hybridized carbons (Fsp3) is 1.00. The molecule has 3 N–H and O–H groups in total. The number of hydrogen-bond donors (Lipinski definition) is 2. The predicted octanol–water partition coefficient (Wildman–Crippen LogP) is 1.83. The fourth-order valence-electron chi connectivity index (χ4n) is 2.05. The Morgan fingerprint density at radius 1 is 1.43 bits per heavy atom. The molecule has 0 aromatic rings. The summed E-state index contributed by atoms with van der Waals surface area (Å²) in [4.78, 5) is 0. The maximum absolute atomic E-state index is 5.88. The summed E-state index contributed by atoms with van der Waals surface area (Å²) in [6, 6.07) is 0. The first-order valence-electron chi connectivity index (χ1n) is 5.91. The Kier molecular flexibility index (Phi) is 6.15. The lowest BCUT2D eigenvalue weighted by Crippen LogP contribution is -2.24. The number of nitrogens with one attached hydrogen (secondary N) is 1. The first-order valence-corrected chi connectivity index (χ1v) is 5.91. The zero-order chi connectivity index (χ0) is 10.2. The molecule has 1 fully saturated rings. The van der Waals surface area contributed by atoms with Crippen molar-refractivity contribution in [1.29, 1.82) is 0 Å². The second-order valence-corrected chi connectivity index (χ2v) is 4.26. The molecule has 3 nitrogen and oxygen atoms in total. The molecule has 1 aliphatic heterocycles. The van der Waals surface area contributed by atoms with Gasteiger partial charge in [-0.25, -0.2) is 0 Å². The van der Waals surface area contributed by atoms with Crippen molar-refractivity contribution < 1.29 is 4.74 Å². The number of hydrogen-bond acceptors (Lipinski definition) is 3. The number of ether oxygens (including phenoxy) is 1. The fourth-order valence-corrected chi connectivity index (χ4v) is 2.05. The smallest absolute Gasteiger partial charge is 0.0575 e. The van der Waals surface area contributed by atoms with Crippen molar-refractivity contribution in [2.45, 2.75) is 51.6 Å². The number of rotatable bonds is 5. The Hall–Kier alpha value is -0.120. The normalized spacial score (nSPS) is 28.7. The highest BCUT2D eigenvalue weighted by molar-refractivity contribution is 4.67. The third-order valence-corrected chi connectivity index (χ3v) is 3.13. The van der Waals surface area contributed by atoms with Crippen LogP contribution >= 0.6 is 0 Å². The highest BCUT2D eigenvalue weighted by Crippen LogP contribution is 2.22. The predicted molar refractivity (Wildman–Crippen MR) is 58.8 cm³/mol. The molecular weight excluding hydrogens is 176 g/mol. The third kappa shape index (κ3) is 4.40. The lowest BCUT2D eigenvalue weighted by Gasteiger charge is -2.15. The average molecular weight is 200 g/mol. The van der Waals surface area contributed by atoms with E-state index >= 15 is 0 Å². The highest BCUT2D eigenvalue weighted by atomic mass is 16.5. The topological polar surface area (TPSA) is 47.3 Å². The van der Waals surface area contributed by atoms with Crippen molar-refractivity contribution in [3.63, 3.8) is 0 Å². The lowest BCUT2D eigenvalue weighted by atomic mass is 10.0. The third-order valence-electron chi connectivity index (χ3n) is 3.13. The van der Waals surface area contributed by atoms with Crippen LogP contribution in [0.25, 0.3) is 0 Å². The van der Waals surface area contributed by atoms with Gasteiger partial charge in [-0.3, -0.25) is 11.3 Å². The van der Waals surface area contributed by atoms with Gasteiger partial charge in [0.15, 0.2) is 0 Å². The van der Waals surface area contributed by atoms with Crippen LogP contribution < -0.4 is 11.3 Å². The van der Waals surface area contributed by atoms with Crippen LogP contribution in [0, 0.1) is 5.92 Å². The summed E-state index contributed by atoms with van der Waals surface area (Å²) in [6.45, 7) is 4.13. The van der Waals surface area contributed by atoms with Crippen LogP contribution in [0.3, 0.4) is 0 Å². The van der Waals surface area contributed by atoms with Crippen molar-refractivity contribution in [1.82, 2.24) is 5.43 Å². The quantitative estimate of drug-likeness (QED) is 0.404. The van der Waals surface area contributed by atoms with E-state index in [0.29, 0.717) is 6.10 Å². The summed E-state index contributed by atoms with van der Waals surface area (Å²) in [5.41, 5.74) is 2.69. The average Bonchev–Trinajstić information content (AvgIpc) is 2.43. The summed E-state index contributed by atoms with van der Waals surface area (Å²) in [7, 11) is 0. The summed E-state index contributed by atoms with van der Waals surface area (Å²) in [5, 5.41) is 0. The molecule has 3 heteroatoms. The molecule has 0 aromatic carbocycles. The molecular formula is C11H24N2O. The van der Waals surface area contributed by atoms with Gasteiger partial charge in [-0.15, -0.1) is 0 Å². The van der Waals surface area contributed by atoms with E-state index in [0.717, 1.165) is 31.9 Å². The van der Waals surface area contributed by atoms with Gasteiger partial charge < -0.3 is 4.74 Å². The van der Waals surface area contributed by atoms with Gasteiger partial charge in [-0.1, -0.05) is 19.8 Å². The largest absolute Gasteiger partial charge is 0.378 e. The van der Waals surface area contributed by atoms with E-state index in [1.54, 1.807) is 0 Å². The second kappa shape index (κ2) is 7.21. The monoisotopic (exact) mass is 200 g/mol. The Morgan fingerprint density at radius 2 is 2.29 bits per heavy atom. The number of nitrogens with two attached hydrogens (primary N) is 1. The van der Waals surface area contributed by atoms with Crippen LogP contribution in [0.1, 0.15) is 45.4 Å². The van der Waals surface area contributed by atoms with Gasteiger partial charge >= 0.3 is 0 Å². The van der Waals surface area contributed by atoms with E-state index in [1.807, 2.05) is 0 Å². The first-order chi connectivity index (χ1) is 6.86. The Bertz CT molecular complexity index is 141. The molecule has 14 heavy (non-hydrogen) atoms. The summed E-state index contributed by atoms with van der Waals surface area (Å²) in [6.07, 6.45) is 7.94. The van der Waals surface area contributed by atoms with Gasteiger partial charge in [0.05, 0.1) is 6.10 Å². The first kappa shape index (κ1) is 12.0. The molecule has 0 bridgehead atoms. The molecule has 1 aliphatic rings. The molecule has 2 atom stereocenters. The van der Waals surface area contributed by atoms with E-state index in [2.05, 4.69) is 12.3 Å². The Morgan fingerprint density at radius 3 is 3.00 bits per heavy atom. The van der Waals surface area contributed by atoms with E-state index in [9.17, 15) is 0 Å². The van der Waals surface area contributed by atoms with Crippen LogP contribution in [0.2, 0.25) is 0 Å². The van der Waals surface area contributed by atoms with Crippen LogP contribution in [0.4, 0.5) is 0 Å². The summed E-state index contributed by atoms with van der Waals surface area (Å²) in [5.74, 6) is 6.03. The molecule has 1 rings (SSSR count). The van der Waals surface area contributed by atoms with Gasteiger partial charge in [0.2, 0.25) is 0 Å². The number of hydrazine groups is 1. The van der Waals surface area contributed by atoms with Crippen molar-refractivity contribution >= 4 is 0 Å². The minimum Gasteiger partial charge on any atom is -0.378 e. The van der Waals surface area contributed by atoms with E-state index in [4.69, 9.17) is 10.6 Å². The molecule has 84 valence electrons. The minimum absolute atomic E-state index is 0.486. The SMILES string of the molecule is CC[C@@H]1CCCC(CCCNN)OC1. The minimum atomic E-state index is 0.486. The van der Waals surface area contributed by atoms with Crippen molar-refractivity contribution in [3.8, 4) is 0 Å². The van der Waals surface area contributed by atoms with Gasteiger partial charge in [-0.05, 0) is 31.6 Å².